The molecule has 6 heteroatoms. The third-order valence-corrected chi connectivity index (χ3v) is 4.08. The number of nitrogens with one attached hydrogen (secondary N) is 2. The van der Waals surface area contributed by atoms with Gasteiger partial charge < -0.3 is 20.1 Å². The average molecular weight is 461 g/mol. The molecule has 0 spiro atoms. The number of benzene rings is 1. The molecule has 1 heterocycles. The van der Waals surface area contributed by atoms with Gasteiger partial charge in [-0.05, 0) is 38.7 Å². The molecule has 1 aliphatic rings. The molecule has 0 saturated carbocycles. The first kappa shape index (κ1) is 22.2. The van der Waals surface area contributed by atoms with Gasteiger partial charge in [-0.25, -0.2) is 0 Å². The molecular formula is C19H32IN3O2. The van der Waals surface area contributed by atoms with Crippen LogP contribution in [-0.4, -0.2) is 52.0 Å². The van der Waals surface area contributed by atoms with Gasteiger partial charge in [0.05, 0.1) is 19.3 Å². The van der Waals surface area contributed by atoms with E-state index in [9.17, 15) is 0 Å². The summed E-state index contributed by atoms with van der Waals surface area (Å²) in [7, 11) is 1.79. The van der Waals surface area contributed by atoms with Gasteiger partial charge in [-0.15, -0.1) is 24.0 Å². The molecule has 1 unspecified atom stereocenters. The van der Waals surface area contributed by atoms with Crippen LogP contribution in [0.4, 0.5) is 0 Å². The van der Waals surface area contributed by atoms with Crippen LogP contribution < -0.4 is 10.6 Å². The van der Waals surface area contributed by atoms with E-state index in [1.807, 2.05) is 0 Å². The van der Waals surface area contributed by atoms with E-state index in [0.717, 1.165) is 44.9 Å². The third kappa shape index (κ3) is 8.87. The summed E-state index contributed by atoms with van der Waals surface area (Å²) in [4.78, 5) is 4.24. The number of guanidine groups is 1. The van der Waals surface area contributed by atoms with E-state index >= 15 is 0 Å². The van der Waals surface area contributed by atoms with Crippen molar-refractivity contribution in [1.82, 2.24) is 10.6 Å². The van der Waals surface area contributed by atoms with E-state index in [1.165, 1.54) is 16.7 Å². The van der Waals surface area contributed by atoms with Crippen LogP contribution in [0.15, 0.2) is 23.2 Å². The van der Waals surface area contributed by atoms with Gasteiger partial charge in [-0.2, -0.15) is 0 Å². The molecule has 25 heavy (non-hydrogen) atoms. The van der Waals surface area contributed by atoms with Crippen LogP contribution in [0.25, 0.3) is 0 Å². The Balaban J connectivity index is 0.00000312. The third-order valence-electron chi connectivity index (χ3n) is 4.08. The summed E-state index contributed by atoms with van der Waals surface area (Å²) in [6, 6.07) is 6.68. The van der Waals surface area contributed by atoms with Crippen LogP contribution in [0, 0.1) is 13.8 Å². The molecule has 0 aliphatic carbocycles. The minimum Gasteiger partial charge on any atom is -0.377 e. The molecule has 0 amide bonds. The first-order valence-corrected chi connectivity index (χ1v) is 8.88. The lowest BCUT2D eigenvalue weighted by Gasteiger charge is -2.13. The highest BCUT2D eigenvalue weighted by molar-refractivity contribution is 14.0. The molecule has 5 nitrogen and oxygen atoms in total. The van der Waals surface area contributed by atoms with Gasteiger partial charge in [0, 0.05) is 26.7 Å². The van der Waals surface area contributed by atoms with Crippen LogP contribution in [0.5, 0.6) is 0 Å². The fourth-order valence-corrected chi connectivity index (χ4v) is 2.99. The van der Waals surface area contributed by atoms with Gasteiger partial charge in [-0.1, -0.05) is 29.3 Å². The topological polar surface area (TPSA) is 54.9 Å². The van der Waals surface area contributed by atoms with Crippen molar-refractivity contribution in [1.29, 1.82) is 0 Å². The zero-order chi connectivity index (χ0) is 17.2. The Morgan fingerprint density at radius 1 is 1.20 bits per heavy atom. The SMILES string of the molecule is CN=C(NCCOCC1CCCO1)NCCc1cc(C)cc(C)c1.I. The van der Waals surface area contributed by atoms with Gasteiger partial charge in [-0.3, -0.25) is 4.99 Å². The minimum atomic E-state index is 0. The highest BCUT2D eigenvalue weighted by Gasteiger charge is 2.14. The van der Waals surface area contributed by atoms with Crippen molar-refractivity contribution >= 4 is 29.9 Å². The molecular weight excluding hydrogens is 429 g/mol. The predicted molar refractivity (Wildman–Crippen MR) is 114 cm³/mol. The van der Waals surface area contributed by atoms with Crippen molar-refractivity contribution in [3.05, 3.63) is 34.9 Å². The van der Waals surface area contributed by atoms with Crippen molar-refractivity contribution in [3.63, 3.8) is 0 Å². The monoisotopic (exact) mass is 461 g/mol. The summed E-state index contributed by atoms with van der Waals surface area (Å²) in [5.41, 5.74) is 3.99. The lowest BCUT2D eigenvalue weighted by molar-refractivity contribution is 0.0191. The Morgan fingerprint density at radius 2 is 1.92 bits per heavy atom. The zero-order valence-electron chi connectivity index (χ0n) is 15.6. The maximum absolute atomic E-state index is 5.64. The van der Waals surface area contributed by atoms with Crippen LogP contribution in [0.3, 0.4) is 0 Å². The lowest BCUT2D eigenvalue weighted by atomic mass is 10.1. The molecule has 1 fully saturated rings. The van der Waals surface area contributed by atoms with E-state index in [4.69, 9.17) is 9.47 Å². The second kappa shape index (κ2) is 12.5. The average Bonchev–Trinajstić information content (AvgIpc) is 3.05. The summed E-state index contributed by atoms with van der Waals surface area (Å²) in [5.74, 6) is 0.820. The Kier molecular flexibility index (Phi) is 11.1. The molecule has 1 saturated heterocycles. The Labute approximate surface area is 169 Å². The maximum Gasteiger partial charge on any atom is 0.191 e. The number of halogens is 1. The molecule has 2 N–H and O–H groups in total. The highest BCUT2D eigenvalue weighted by atomic mass is 127. The van der Waals surface area contributed by atoms with Crippen molar-refractivity contribution in [2.24, 2.45) is 4.99 Å². The van der Waals surface area contributed by atoms with E-state index in [2.05, 4.69) is 47.7 Å². The van der Waals surface area contributed by atoms with E-state index in [-0.39, 0.29) is 24.0 Å². The molecule has 0 bridgehead atoms. The molecule has 0 aromatic heterocycles. The molecule has 1 aliphatic heterocycles. The van der Waals surface area contributed by atoms with Gasteiger partial charge in [0.1, 0.15) is 0 Å². The summed E-state index contributed by atoms with van der Waals surface area (Å²) < 4.78 is 11.2. The number of aryl methyl sites for hydroxylation is 2. The second-order valence-electron chi connectivity index (χ2n) is 6.38. The summed E-state index contributed by atoms with van der Waals surface area (Å²) >= 11 is 0. The smallest absolute Gasteiger partial charge is 0.191 e. The van der Waals surface area contributed by atoms with Crippen molar-refractivity contribution in [2.75, 3.05) is 40.0 Å². The van der Waals surface area contributed by atoms with Gasteiger partial charge >= 0.3 is 0 Å². The van der Waals surface area contributed by atoms with Crippen LogP contribution in [-0.2, 0) is 15.9 Å². The molecule has 1 atom stereocenters. The summed E-state index contributed by atoms with van der Waals surface area (Å²) in [6.07, 6.45) is 3.55. The van der Waals surface area contributed by atoms with Gasteiger partial charge in [0.15, 0.2) is 5.96 Å². The first-order chi connectivity index (χ1) is 11.7. The van der Waals surface area contributed by atoms with Crippen LogP contribution >= 0.6 is 24.0 Å². The predicted octanol–water partition coefficient (Wildman–Crippen LogP) is 2.82. The fourth-order valence-electron chi connectivity index (χ4n) is 2.99. The Morgan fingerprint density at radius 3 is 2.56 bits per heavy atom. The van der Waals surface area contributed by atoms with Gasteiger partial charge in [0.2, 0.25) is 0 Å². The van der Waals surface area contributed by atoms with Crippen LogP contribution in [0.1, 0.15) is 29.5 Å². The molecule has 1 aromatic carbocycles. The zero-order valence-corrected chi connectivity index (χ0v) is 18.0. The number of ether oxygens (including phenoxy) is 2. The minimum absolute atomic E-state index is 0. The highest BCUT2D eigenvalue weighted by Crippen LogP contribution is 2.11. The second-order valence-corrected chi connectivity index (χ2v) is 6.38. The fraction of sp³-hybridized carbons (Fsp3) is 0.632. The van der Waals surface area contributed by atoms with E-state index < -0.39 is 0 Å². The number of nitrogens with zero attached hydrogens (tertiary/aromatic N) is 1. The quantitative estimate of drug-likeness (QED) is 0.271. The van der Waals surface area contributed by atoms with Crippen molar-refractivity contribution in [2.45, 2.75) is 39.2 Å². The number of hydrogen-bond acceptors (Lipinski definition) is 3. The number of hydrogen-bond donors (Lipinski definition) is 2. The molecule has 142 valence electrons. The molecule has 0 radical (unpaired) electrons. The molecule has 2 rings (SSSR count). The summed E-state index contributed by atoms with van der Waals surface area (Å²) in [6.45, 7) is 8.12. The van der Waals surface area contributed by atoms with Crippen molar-refractivity contribution < 1.29 is 9.47 Å². The van der Waals surface area contributed by atoms with Gasteiger partial charge in [0.25, 0.3) is 0 Å². The van der Waals surface area contributed by atoms with E-state index in [0.29, 0.717) is 19.3 Å². The molecule has 1 aromatic rings. The number of aliphatic imine (C=N–C) groups is 1. The summed E-state index contributed by atoms with van der Waals surface area (Å²) in [5, 5.41) is 6.62. The maximum atomic E-state index is 5.64. The normalized spacial score (nSPS) is 17.2. The number of rotatable bonds is 8. The largest absolute Gasteiger partial charge is 0.377 e. The van der Waals surface area contributed by atoms with Crippen LogP contribution in [0.2, 0.25) is 0 Å². The van der Waals surface area contributed by atoms with E-state index in [1.54, 1.807) is 7.05 Å². The Bertz CT molecular complexity index is 511. The lowest BCUT2D eigenvalue weighted by Crippen LogP contribution is -2.40. The first-order valence-electron chi connectivity index (χ1n) is 8.88. The standard InChI is InChI=1S/C19H31N3O2.HI/c1-15-11-16(2)13-17(12-15)6-7-21-19(20-3)22-8-10-23-14-18-5-4-9-24-18;/h11-13,18H,4-10,14H2,1-3H3,(H2,20,21,22);1H. The Hall–Kier alpha value is -0.860. The van der Waals surface area contributed by atoms with Crippen molar-refractivity contribution in [3.8, 4) is 0 Å².